The summed E-state index contributed by atoms with van der Waals surface area (Å²) in [5.41, 5.74) is 2.06. The molecule has 3 rings (SSSR count). The quantitative estimate of drug-likeness (QED) is 0.591. The van der Waals surface area contributed by atoms with Crippen molar-refractivity contribution in [2.75, 3.05) is 16.2 Å². The summed E-state index contributed by atoms with van der Waals surface area (Å²) in [5.74, 6) is -0.659. The summed E-state index contributed by atoms with van der Waals surface area (Å²) in [6, 6.07) is 20.3. The number of hydrogen-bond donors (Lipinski definition) is 1. The van der Waals surface area contributed by atoms with Crippen LogP contribution in [0.4, 0.5) is 15.8 Å². The zero-order valence-electron chi connectivity index (χ0n) is 16.7. The van der Waals surface area contributed by atoms with Crippen molar-refractivity contribution in [3.63, 3.8) is 0 Å². The van der Waals surface area contributed by atoms with Crippen molar-refractivity contribution >= 4 is 27.3 Å². The summed E-state index contributed by atoms with van der Waals surface area (Å²) in [6.07, 6.45) is 0. The van der Waals surface area contributed by atoms with Crippen LogP contribution in [0, 0.1) is 5.82 Å². The Morgan fingerprint density at radius 3 is 2.10 bits per heavy atom. The molecule has 0 heterocycles. The van der Waals surface area contributed by atoms with Crippen LogP contribution >= 0.6 is 0 Å². The molecule has 0 aliphatic heterocycles. The molecule has 0 spiro atoms. The third-order valence-corrected chi connectivity index (χ3v) is 6.38. The van der Waals surface area contributed by atoms with Gasteiger partial charge in [-0.15, -0.1) is 0 Å². The van der Waals surface area contributed by atoms with Crippen molar-refractivity contribution in [3.05, 3.63) is 90.2 Å². The Morgan fingerprint density at radius 1 is 0.933 bits per heavy atom. The summed E-state index contributed by atoms with van der Waals surface area (Å²) < 4.78 is 40.6. The van der Waals surface area contributed by atoms with Gasteiger partial charge in [0.05, 0.1) is 10.6 Å². The number of carbonyl (C=O) groups excluding carboxylic acids is 1. The van der Waals surface area contributed by atoms with Gasteiger partial charge in [-0.2, -0.15) is 0 Å². The highest BCUT2D eigenvalue weighted by Crippen LogP contribution is 2.24. The second kappa shape index (κ2) is 9.09. The molecule has 1 amide bonds. The number of halogens is 1. The van der Waals surface area contributed by atoms with E-state index < -0.39 is 28.3 Å². The van der Waals surface area contributed by atoms with Crippen LogP contribution in [-0.2, 0) is 14.8 Å². The number of benzene rings is 3. The van der Waals surface area contributed by atoms with Crippen molar-refractivity contribution in [2.45, 2.75) is 24.7 Å². The lowest BCUT2D eigenvalue weighted by atomic mass is 10.0. The first kappa shape index (κ1) is 21.5. The first-order chi connectivity index (χ1) is 14.3. The van der Waals surface area contributed by atoms with Gasteiger partial charge in [0, 0.05) is 5.69 Å². The second-order valence-corrected chi connectivity index (χ2v) is 8.99. The first-order valence-corrected chi connectivity index (χ1v) is 10.9. The van der Waals surface area contributed by atoms with Crippen LogP contribution in [0.2, 0.25) is 0 Å². The Labute approximate surface area is 176 Å². The molecule has 5 nitrogen and oxygen atoms in total. The summed E-state index contributed by atoms with van der Waals surface area (Å²) >= 11 is 0. The molecule has 0 radical (unpaired) electrons. The first-order valence-electron chi connectivity index (χ1n) is 9.50. The number of para-hydroxylation sites is 1. The third-order valence-electron chi connectivity index (χ3n) is 4.59. The number of anilines is 2. The molecule has 0 aliphatic rings. The van der Waals surface area contributed by atoms with E-state index in [1.165, 1.54) is 12.1 Å². The summed E-state index contributed by atoms with van der Waals surface area (Å²) in [7, 11) is -4.07. The number of carbonyl (C=O) groups is 1. The lowest BCUT2D eigenvalue weighted by Crippen LogP contribution is -2.38. The molecule has 0 saturated carbocycles. The number of nitrogens with one attached hydrogen (secondary N) is 1. The van der Waals surface area contributed by atoms with E-state index in [0.717, 1.165) is 22.0 Å². The Morgan fingerprint density at radius 2 is 1.53 bits per heavy atom. The molecule has 156 valence electrons. The Balaban J connectivity index is 1.86. The van der Waals surface area contributed by atoms with Crippen molar-refractivity contribution in [2.24, 2.45) is 0 Å². The Hall–Kier alpha value is -3.19. The van der Waals surface area contributed by atoms with Crippen LogP contribution in [0.5, 0.6) is 0 Å². The predicted molar refractivity (Wildman–Crippen MR) is 117 cm³/mol. The molecule has 0 unspecified atom stereocenters. The molecule has 0 aromatic heterocycles. The van der Waals surface area contributed by atoms with Gasteiger partial charge in [0.15, 0.2) is 0 Å². The molecule has 3 aromatic carbocycles. The van der Waals surface area contributed by atoms with E-state index in [9.17, 15) is 17.6 Å². The average molecular weight is 427 g/mol. The van der Waals surface area contributed by atoms with Gasteiger partial charge in [0.2, 0.25) is 5.91 Å². The Bertz CT molecular complexity index is 1100. The zero-order chi connectivity index (χ0) is 21.7. The molecule has 3 aromatic rings. The van der Waals surface area contributed by atoms with E-state index in [1.807, 2.05) is 12.1 Å². The molecule has 0 saturated heterocycles. The van der Waals surface area contributed by atoms with Crippen LogP contribution < -0.4 is 9.62 Å². The minimum Gasteiger partial charge on any atom is -0.325 e. The SMILES string of the molecule is CC(C)c1ccc(NC(=O)CN(c2ccccc2)S(=O)(=O)c2ccc(F)cc2)cc1. The van der Waals surface area contributed by atoms with E-state index in [2.05, 4.69) is 19.2 Å². The average Bonchev–Trinajstić information content (AvgIpc) is 2.73. The number of hydrogen-bond acceptors (Lipinski definition) is 3. The molecule has 0 fully saturated rings. The van der Waals surface area contributed by atoms with Crippen LogP contribution in [0.3, 0.4) is 0 Å². The zero-order valence-corrected chi connectivity index (χ0v) is 17.6. The van der Waals surface area contributed by atoms with Gasteiger partial charge in [0.1, 0.15) is 12.4 Å². The number of sulfonamides is 1. The van der Waals surface area contributed by atoms with Crippen LogP contribution in [0.1, 0.15) is 25.3 Å². The fraction of sp³-hybridized carbons (Fsp3) is 0.174. The van der Waals surface area contributed by atoms with Gasteiger partial charge >= 0.3 is 0 Å². The lowest BCUT2D eigenvalue weighted by Gasteiger charge is -2.24. The molecule has 7 heteroatoms. The topological polar surface area (TPSA) is 66.5 Å². The highest BCUT2D eigenvalue weighted by molar-refractivity contribution is 7.92. The predicted octanol–water partition coefficient (Wildman–Crippen LogP) is 4.78. The maximum atomic E-state index is 13.3. The summed E-state index contributed by atoms with van der Waals surface area (Å²) in [4.78, 5) is 12.6. The van der Waals surface area contributed by atoms with Gasteiger partial charge in [0.25, 0.3) is 10.0 Å². The molecule has 0 bridgehead atoms. The highest BCUT2D eigenvalue weighted by atomic mass is 32.2. The highest BCUT2D eigenvalue weighted by Gasteiger charge is 2.27. The van der Waals surface area contributed by atoms with Crippen LogP contribution in [0.25, 0.3) is 0 Å². The number of amides is 1. The lowest BCUT2D eigenvalue weighted by molar-refractivity contribution is -0.114. The fourth-order valence-corrected chi connectivity index (χ4v) is 4.35. The largest absolute Gasteiger partial charge is 0.325 e. The van der Waals surface area contributed by atoms with E-state index in [4.69, 9.17) is 0 Å². The Kier molecular flexibility index (Phi) is 6.52. The molecule has 0 atom stereocenters. The fourth-order valence-electron chi connectivity index (χ4n) is 2.93. The van der Waals surface area contributed by atoms with E-state index in [0.29, 0.717) is 17.3 Å². The normalized spacial score (nSPS) is 11.3. The maximum Gasteiger partial charge on any atom is 0.264 e. The van der Waals surface area contributed by atoms with E-state index >= 15 is 0 Å². The summed E-state index contributed by atoms with van der Waals surface area (Å²) in [5, 5.41) is 2.74. The van der Waals surface area contributed by atoms with Crippen molar-refractivity contribution < 1.29 is 17.6 Å². The van der Waals surface area contributed by atoms with Crippen molar-refractivity contribution in [1.82, 2.24) is 0 Å². The van der Waals surface area contributed by atoms with E-state index in [1.54, 1.807) is 42.5 Å². The number of rotatable bonds is 7. The smallest absolute Gasteiger partial charge is 0.264 e. The molecular weight excluding hydrogens is 403 g/mol. The minimum atomic E-state index is -4.07. The molecule has 0 aliphatic carbocycles. The molecular formula is C23H23FN2O3S. The molecule has 30 heavy (non-hydrogen) atoms. The minimum absolute atomic E-state index is 0.0955. The van der Waals surface area contributed by atoms with Gasteiger partial charge < -0.3 is 5.32 Å². The van der Waals surface area contributed by atoms with Gasteiger partial charge in [-0.05, 0) is 60.0 Å². The van der Waals surface area contributed by atoms with Crippen molar-refractivity contribution in [3.8, 4) is 0 Å². The van der Waals surface area contributed by atoms with Crippen LogP contribution in [0.15, 0.2) is 83.8 Å². The van der Waals surface area contributed by atoms with Gasteiger partial charge in [-0.1, -0.05) is 44.2 Å². The van der Waals surface area contributed by atoms with E-state index in [-0.39, 0.29) is 4.90 Å². The number of nitrogens with zero attached hydrogens (tertiary/aromatic N) is 1. The molecule has 1 N–H and O–H groups in total. The monoisotopic (exact) mass is 426 g/mol. The van der Waals surface area contributed by atoms with Crippen LogP contribution in [-0.4, -0.2) is 20.9 Å². The van der Waals surface area contributed by atoms with Crippen molar-refractivity contribution in [1.29, 1.82) is 0 Å². The standard InChI is InChI=1S/C23H23FN2O3S/c1-17(2)18-8-12-20(13-9-18)25-23(27)16-26(21-6-4-3-5-7-21)30(28,29)22-14-10-19(24)11-15-22/h3-15,17H,16H2,1-2H3,(H,25,27). The third kappa shape index (κ3) is 5.04. The van der Waals surface area contributed by atoms with Gasteiger partial charge in [-0.25, -0.2) is 12.8 Å². The second-order valence-electron chi connectivity index (χ2n) is 7.13. The summed E-state index contributed by atoms with van der Waals surface area (Å²) in [6.45, 7) is 3.73. The van der Waals surface area contributed by atoms with Gasteiger partial charge in [-0.3, -0.25) is 9.10 Å². The maximum absolute atomic E-state index is 13.3.